The van der Waals surface area contributed by atoms with Crippen LogP contribution in [0.15, 0.2) is 30.3 Å². The van der Waals surface area contributed by atoms with Crippen LogP contribution >= 0.6 is 0 Å². The van der Waals surface area contributed by atoms with Gasteiger partial charge in [0.1, 0.15) is 0 Å². The normalized spacial score (nSPS) is 22.7. The van der Waals surface area contributed by atoms with Gasteiger partial charge in [-0.3, -0.25) is 4.90 Å². The predicted octanol–water partition coefficient (Wildman–Crippen LogP) is 2.03. The lowest BCUT2D eigenvalue weighted by atomic mass is 9.93. The lowest BCUT2D eigenvalue weighted by molar-refractivity contribution is 0.170. The molecular weight excluding hydrogens is 300 g/mol. The second kappa shape index (κ2) is 8.49. The highest BCUT2D eigenvalue weighted by Gasteiger charge is 2.24. The molecule has 3 rings (SSSR count). The first kappa shape index (κ1) is 17.2. The zero-order chi connectivity index (χ0) is 16.8. The second-order valence-corrected chi connectivity index (χ2v) is 7.22. The Kier molecular flexibility index (Phi) is 6.10. The van der Waals surface area contributed by atoms with Crippen LogP contribution in [0.25, 0.3) is 0 Å². The van der Waals surface area contributed by atoms with E-state index in [1.807, 2.05) is 4.90 Å². The van der Waals surface area contributed by atoms with Crippen molar-refractivity contribution in [3.63, 3.8) is 0 Å². The molecule has 1 aromatic carbocycles. The molecule has 0 radical (unpaired) electrons. The van der Waals surface area contributed by atoms with Gasteiger partial charge in [-0.15, -0.1) is 0 Å². The van der Waals surface area contributed by atoms with Crippen LogP contribution in [0.2, 0.25) is 0 Å². The molecule has 0 aliphatic carbocycles. The Balaban J connectivity index is 1.30. The van der Waals surface area contributed by atoms with Gasteiger partial charge in [0.05, 0.1) is 0 Å². The smallest absolute Gasteiger partial charge is 0.317 e. The Bertz CT molecular complexity index is 513. The number of carbonyl (C=O) groups is 1. The van der Waals surface area contributed by atoms with E-state index in [4.69, 9.17) is 5.73 Å². The monoisotopic (exact) mass is 330 g/mol. The van der Waals surface area contributed by atoms with Crippen molar-refractivity contribution < 1.29 is 4.79 Å². The summed E-state index contributed by atoms with van der Waals surface area (Å²) in [7, 11) is 0. The number of nitrogens with one attached hydrogen (secondary N) is 1. The van der Waals surface area contributed by atoms with Gasteiger partial charge in [0.15, 0.2) is 0 Å². The topological polar surface area (TPSA) is 61.6 Å². The molecule has 2 aliphatic heterocycles. The van der Waals surface area contributed by atoms with Gasteiger partial charge >= 0.3 is 6.03 Å². The molecule has 2 saturated heterocycles. The molecule has 3 N–H and O–H groups in total. The van der Waals surface area contributed by atoms with E-state index in [1.165, 1.54) is 18.4 Å². The van der Waals surface area contributed by atoms with E-state index in [-0.39, 0.29) is 12.1 Å². The zero-order valence-corrected chi connectivity index (χ0v) is 14.5. The molecular formula is C19H30N4O. The van der Waals surface area contributed by atoms with Gasteiger partial charge in [-0.2, -0.15) is 0 Å². The number of hydrogen-bond donors (Lipinski definition) is 2. The number of likely N-dealkylation sites (tertiary alicyclic amines) is 2. The highest BCUT2D eigenvalue weighted by atomic mass is 16.2. The van der Waals surface area contributed by atoms with E-state index in [2.05, 4.69) is 40.5 Å². The molecule has 5 nitrogen and oxygen atoms in total. The molecule has 1 atom stereocenters. The third-order valence-corrected chi connectivity index (χ3v) is 5.30. The van der Waals surface area contributed by atoms with Gasteiger partial charge in [0, 0.05) is 32.2 Å². The highest BCUT2D eigenvalue weighted by Crippen LogP contribution is 2.21. The Hall–Kier alpha value is -1.59. The van der Waals surface area contributed by atoms with Crippen LogP contribution in [0.3, 0.4) is 0 Å². The van der Waals surface area contributed by atoms with Crippen molar-refractivity contribution in [3.05, 3.63) is 35.9 Å². The lowest BCUT2D eigenvalue weighted by Gasteiger charge is -2.32. The number of nitrogens with two attached hydrogens (primary N) is 1. The number of piperidine rings is 1. The van der Waals surface area contributed by atoms with E-state index in [0.717, 1.165) is 51.5 Å². The number of hydrogen-bond acceptors (Lipinski definition) is 3. The van der Waals surface area contributed by atoms with Crippen molar-refractivity contribution in [2.75, 3.05) is 32.7 Å². The summed E-state index contributed by atoms with van der Waals surface area (Å²) in [6, 6.07) is 10.9. The minimum Gasteiger partial charge on any atom is -0.338 e. The molecule has 24 heavy (non-hydrogen) atoms. The fourth-order valence-corrected chi connectivity index (χ4v) is 3.74. The largest absolute Gasteiger partial charge is 0.338 e. The molecule has 0 aromatic heterocycles. The van der Waals surface area contributed by atoms with E-state index < -0.39 is 0 Å². The van der Waals surface area contributed by atoms with Crippen molar-refractivity contribution >= 4 is 6.03 Å². The molecule has 132 valence electrons. The molecule has 2 fully saturated rings. The zero-order valence-electron chi connectivity index (χ0n) is 14.5. The third-order valence-electron chi connectivity index (χ3n) is 5.30. The summed E-state index contributed by atoms with van der Waals surface area (Å²) in [6.07, 6.45) is 4.48. The number of carbonyl (C=O) groups excluding carboxylic acids is 1. The number of urea groups is 1. The minimum atomic E-state index is 0.0597. The summed E-state index contributed by atoms with van der Waals surface area (Å²) in [5.41, 5.74) is 7.25. The first-order valence-electron chi connectivity index (χ1n) is 9.25. The average Bonchev–Trinajstić information content (AvgIpc) is 3.04. The van der Waals surface area contributed by atoms with Gasteiger partial charge in [-0.05, 0) is 50.3 Å². The SMILES string of the molecule is N[C@H]1CCN(C(=O)NCCC2CCN(Cc3ccccc3)CC2)C1. The lowest BCUT2D eigenvalue weighted by Crippen LogP contribution is -2.41. The molecule has 2 heterocycles. The van der Waals surface area contributed by atoms with Crippen LogP contribution in [0.1, 0.15) is 31.2 Å². The fraction of sp³-hybridized carbons (Fsp3) is 0.632. The number of amides is 2. The first-order chi connectivity index (χ1) is 11.7. The van der Waals surface area contributed by atoms with Crippen molar-refractivity contribution in [1.82, 2.24) is 15.1 Å². The molecule has 0 bridgehead atoms. The molecule has 0 unspecified atom stereocenters. The van der Waals surface area contributed by atoms with Gasteiger partial charge in [0.2, 0.25) is 0 Å². The van der Waals surface area contributed by atoms with Crippen LogP contribution in [-0.2, 0) is 6.54 Å². The first-order valence-corrected chi connectivity index (χ1v) is 9.25. The molecule has 0 spiro atoms. The minimum absolute atomic E-state index is 0.0597. The molecule has 2 aliphatic rings. The van der Waals surface area contributed by atoms with E-state index in [0.29, 0.717) is 6.54 Å². The van der Waals surface area contributed by atoms with Crippen LogP contribution in [0, 0.1) is 5.92 Å². The molecule has 5 heteroatoms. The second-order valence-electron chi connectivity index (χ2n) is 7.22. The summed E-state index contributed by atoms with van der Waals surface area (Å²) < 4.78 is 0. The number of benzene rings is 1. The Labute approximate surface area is 145 Å². The summed E-state index contributed by atoms with van der Waals surface area (Å²) in [5, 5.41) is 3.06. The summed E-state index contributed by atoms with van der Waals surface area (Å²) >= 11 is 0. The predicted molar refractivity (Wildman–Crippen MR) is 96.6 cm³/mol. The molecule has 2 amide bonds. The Morgan fingerprint density at radius 3 is 2.54 bits per heavy atom. The third kappa shape index (κ3) is 4.95. The van der Waals surface area contributed by atoms with Gasteiger partial charge in [-0.25, -0.2) is 4.79 Å². The van der Waals surface area contributed by atoms with Crippen LogP contribution < -0.4 is 11.1 Å². The summed E-state index contributed by atoms with van der Waals surface area (Å²) in [5.74, 6) is 0.734. The van der Waals surface area contributed by atoms with Crippen molar-refractivity contribution in [3.8, 4) is 0 Å². The maximum atomic E-state index is 12.0. The maximum Gasteiger partial charge on any atom is 0.317 e. The quantitative estimate of drug-likeness (QED) is 0.868. The van der Waals surface area contributed by atoms with Crippen molar-refractivity contribution in [1.29, 1.82) is 0 Å². The summed E-state index contributed by atoms with van der Waals surface area (Å²) in [6.45, 7) is 5.66. The average molecular weight is 330 g/mol. The Morgan fingerprint density at radius 2 is 1.88 bits per heavy atom. The summed E-state index contributed by atoms with van der Waals surface area (Å²) in [4.78, 5) is 16.4. The van der Waals surface area contributed by atoms with E-state index >= 15 is 0 Å². The number of nitrogens with zero attached hydrogens (tertiary/aromatic N) is 2. The highest BCUT2D eigenvalue weighted by molar-refractivity contribution is 5.74. The van der Waals surface area contributed by atoms with Crippen molar-refractivity contribution in [2.24, 2.45) is 11.7 Å². The molecule has 0 saturated carbocycles. The van der Waals surface area contributed by atoms with Gasteiger partial charge in [0.25, 0.3) is 0 Å². The number of rotatable bonds is 5. The maximum absolute atomic E-state index is 12.0. The fourth-order valence-electron chi connectivity index (χ4n) is 3.74. The molecule has 1 aromatic rings. The van der Waals surface area contributed by atoms with Gasteiger partial charge < -0.3 is 16.0 Å². The van der Waals surface area contributed by atoms with Gasteiger partial charge in [-0.1, -0.05) is 30.3 Å². The van der Waals surface area contributed by atoms with Crippen LogP contribution in [0.5, 0.6) is 0 Å². The van der Waals surface area contributed by atoms with Crippen LogP contribution in [0.4, 0.5) is 4.79 Å². The van der Waals surface area contributed by atoms with Crippen LogP contribution in [-0.4, -0.2) is 54.6 Å². The Morgan fingerprint density at radius 1 is 1.12 bits per heavy atom. The van der Waals surface area contributed by atoms with E-state index in [9.17, 15) is 4.79 Å². The standard InChI is InChI=1S/C19H30N4O/c20-18-9-13-23(15-18)19(24)21-10-6-16-7-11-22(12-8-16)14-17-4-2-1-3-5-17/h1-5,16,18H,6-15,20H2,(H,21,24)/t18-/m0/s1. The van der Waals surface area contributed by atoms with Crippen molar-refractivity contribution in [2.45, 2.75) is 38.3 Å². The van der Waals surface area contributed by atoms with E-state index in [1.54, 1.807) is 0 Å².